The lowest BCUT2D eigenvalue weighted by Gasteiger charge is -2.26. The Balaban J connectivity index is 2.24. The molecule has 0 aromatic carbocycles. The van der Waals surface area contributed by atoms with Crippen molar-refractivity contribution in [2.45, 2.75) is 37.7 Å². The van der Waals surface area contributed by atoms with E-state index in [0.717, 1.165) is 21.1 Å². The van der Waals surface area contributed by atoms with Gasteiger partial charge in [-0.05, 0) is 50.8 Å². The van der Waals surface area contributed by atoms with Gasteiger partial charge in [0.1, 0.15) is 0 Å². The molecule has 4 heteroatoms. The highest BCUT2D eigenvalue weighted by molar-refractivity contribution is 9.11. The van der Waals surface area contributed by atoms with Crippen LogP contribution in [0.1, 0.15) is 36.5 Å². The molecule has 1 aromatic heterocycles. The summed E-state index contributed by atoms with van der Waals surface area (Å²) in [5.74, 6) is 0.342. The van der Waals surface area contributed by atoms with Gasteiger partial charge in [-0.2, -0.15) is 0 Å². The van der Waals surface area contributed by atoms with E-state index in [1.165, 1.54) is 17.7 Å². The number of rotatable bonds is 1. The molecule has 1 nitrogen and oxygen atoms in total. The number of hydrogen-bond acceptors (Lipinski definition) is 2. The molecule has 1 fully saturated rings. The maximum absolute atomic E-state index is 9.93. The van der Waals surface area contributed by atoms with E-state index in [4.69, 9.17) is 0 Å². The fourth-order valence-electron chi connectivity index (χ4n) is 2.02. The Bertz CT molecular complexity index is 324. The molecule has 14 heavy (non-hydrogen) atoms. The molecule has 1 heterocycles. The van der Waals surface area contributed by atoms with Crippen LogP contribution in [0.15, 0.2) is 14.3 Å². The maximum Gasteiger partial charge on any atom is 0.0713 e. The molecular formula is C10H12Br2OS. The third kappa shape index (κ3) is 2.23. The highest BCUT2D eigenvalue weighted by Gasteiger charge is 2.27. The molecule has 2 atom stereocenters. The quantitative estimate of drug-likeness (QED) is 0.809. The molecule has 0 amide bonds. The van der Waals surface area contributed by atoms with Gasteiger partial charge >= 0.3 is 0 Å². The normalized spacial score (nSPS) is 27.9. The van der Waals surface area contributed by atoms with Crippen molar-refractivity contribution in [2.75, 3.05) is 0 Å². The van der Waals surface area contributed by atoms with Crippen molar-refractivity contribution in [2.24, 2.45) is 0 Å². The van der Waals surface area contributed by atoms with Crippen molar-refractivity contribution in [3.63, 3.8) is 0 Å². The molecule has 1 aromatic rings. The van der Waals surface area contributed by atoms with Crippen molar-refractivity contribution < 1.29 is 5.11 Å². The molecule has 2 unspecified atom stereocenters. The van der Waals surface area contributed by atoms with Gasteiger partial charge in [0.15, 0.2) is 0 Å². The second kappa shape index (κ2) is 4.64. The smallest absolute Gasteiger partial charge is 0.0713 e. The first-order valence-corrected chi connectivity index (χ1v) is 7.21. The van der Waals surface area contributed by atoms with Gasteiger partial charge < -0.3 is 5.11 Å². The SMILES string of the molecule is OC1CCCCC1c1sc(Br)cc1Br. The molecule has 1 N–H and O–H groups in total. The number of aliphatic hydroxyl groups excluding tert-OH is 1. The largest absolute Gasteiger partial charge is 0.392 e. The van der Waals surface area contributed by atoms with Gasteiger partial charge in [0.05, 0.1) is 9.89 Å². The van der Waals surface area contributed by atoms with Crippen LogP contribution in [-0.2, 0) is 0 Å². The Hall–Kier alpha value is 0.620. The number of hydrogen-bond donors (Lipinski definition) is 1. The van der Waals surface area contributed by atoms with Crippen LogP contribution in [0.2, 0.25) is 0 Å². The Morgan fingerprint density at radius 1 is 1.29 bits per heavy atom. The molecule has 0 bridgehead atoms. The molecule has 0 aliphatic heterocycles. The van der Waals surface area contributed by atoms with Gasteiger partial charge in [-0.3, -0.25) is 0 Å². The first-order chi connectivity index (χ1) is 6.68. The molecule has 0 radical (unpaired) electrons. The van der Waals surface area contributed by atoms with Crippen molar-refractivity contribution >= 4 is 43.2 Å². The summed E-state index contributed by atoms with van der Waals surface area (Å²) >= 11 is 8.76. The Kier molecular flexibility index (Phi) is 3.68. The van der Waals surface area contributed by atoms with E-state index in [-0.39, 0.29) is 6.10 Å². The minimum absolute atomic E-state index is 0.148. The fraction of sp³-hybridized carbons (Fsp3) is 0.600. The van der Waals surface area contributed by atoms with E-state index >= 15 is 0 Å². The van der Waals surface area contributed by atoms with E-state index in [0.29, 0.717) is 5.92 Å². The molecule has 1 aliphatic rings. The Labute approximate surface area is 105 Å². The second-order valence-electron chi connectivity index (χ2n) is 3.72. The third-order valence-corrected chi connectivity index (χ3v) is 5.44. The van der Waals surface area contributed by atoms with Crippen LogP contribution in [-0.4, -0.2) is 11.2 Å². The van der Waals surface area contributed by atoms with Gasteiger partial charge in [0, 0.05) is 15.3 Å². The molecule has 1 aliphatic carbocycles. The topological polar surface area (TPSA) is 20.2 Å². The average molecular weight is 340 g/mol. The second-order valence-corrected chi connectivity index (χ2v) is 7.04. The van der Waals surface area contributed by atoms with Crippen LogP contribution >= 0.6 is 43.2 Å². The first kappa shape index (κ1) is 11.1. The third-order valence-electron chi connectivity index (χ3n) is 2.75. The van der Waals surface area contributed by atoms with Gasteiger partial charge in [-0.15, -0.1) is 11.3 Å². The minimum Gasteiger partial charge on any atom is -0.392 e. The molecule has 78 valence electrons. The summed E-state index contributed by atoms with van der Waals surface area (Å²) in [5.41, 5.74) is 0. The standard InChI is InChI=1S/C10H12Br2OS/c11-7-5-9(12)14-10(7)6-3-1-2-4-8(6)13/h5-6,8,13H,1-4H2. The molecule has 2 rings (SSSR count). The Morgan fingerprint density at radius 2 is 2.00 bits per heavy atom. The van der Waals surface area contributed by atoms with Crippen molar-refractivity contribution in [3.05, 3.63) is 19.2 Å². The number of halogens is 2. The molecule has 1 saturated carbocycles. The van der Waals surface area contributed by atoms with Crippen LogP contribution in [0.25, 0.3) is 0 Å². The predicted molar refractivity (Wildman–Crippen MR) is 66.9 cm³/mol. The average Bonchev–Trinajstić information content (AvgIpc) is 2.46. The summed E-state index contributed by atoms with van der Waals surface area (Å²) in [6.07, 6.45) is 4.33. The van der Waals surface area contributed by atoms with Crippen LogP contribution < -0.4 is 0 Å². The molecular weight excluding hydrogens is 328 g/mol. The van der Waals surface area contributed by atoms with Crippen LogP contribution in [0.4, 0.5) is 0 Å². The van der Waals surface area contributed by atoms with E-state index in [2.05, 4.69) is 37.9 Å². The summed E-state index contributed by atoms with van der Waals surface area (Å²) in [6, 6.07) is 2.07. The zero-order chi connectivity index (χ0) is 10.1. The lowest BCUT2D eigenvalue weighted by atomic mass is 9.85. The minimum atomic E-state index is -0.148. The molecule has 0 spiro atoms. The van der Waals surface area contributed by atoms with Gasteiger partial charge in [0.25, 0.3) is 0 Å². The Morgan fingerprint density at radius 3 is 2.57 bits per heavy atom. The zero-order valence-corrected chi connectivity index (χ0v) is 11.7. The summed E-state index contributed by atoms with van der Waals surface area (Å²) in [6.45, 7) is 0. The maximum atomic E-state index is 9.93. The summed E-state index contributed by atoms with van der Waals surface area (Å²) < 4.78 is 2.28. The van der Waals surface area contributed by atoms with Crippen LogP contribution in [0.5, 0.6) is 0 Å². The van der Waals surface area contributed by atoms with E-state index in [1.807, 2.05) is 0 Å². The summed E-state index contributed by atoms with van der Waals surface area (Å²) in [4.78, 5) is 1.30. The zero-order valence-electron chi connectivity index (χ0n) is 7.67. The lowest BCUT2D eigenvalue weighted by molar-refractivity contribution is 0.107. The van der Waals surface area contributed by atoms with Gasteiger partial charge in [-0.1, -0.05) is 12.8 Å². The van der Waals surface area contributed by atoms with Gasteiger partial charge in [0.2, 0.25) is 0 Å². The number of thiophene rings is 1. The van der Waals surface area contributed by atoms with Crippen molar-refractivity contribution in [3.8, 4) is 0 Å². The van der Waals surface area contributed by atoms with E-state index in [1.54, 1.807) is 11.3 Å². The van der Waals surface area contributed by atoms with Crippen molar-refractivity contribution in [1.82, 2.24) is 0 Å². The predicted octanol–water partition coefficient (Wildman–Crippen LogP) is 4.29. The van der Waals surface area contributed by atoms with E-state index < -0.39 is 0 Å². The monoisotopic (exact) mass is 338 g/mol. The fourth-order valence-corrected chi connectivity index (χ4v) is 4.97. The highest BCUT2D eigenvalue weighted by atomic mass is 79.9. The van der Waals surface area contributed by atoms with Crippen LogP contribution in [0, 0.1) is 0 Å². The highest BCUT2D eigenvalue weighted by Crippen LogP contribution is 2.42. The molecule has 0 saturated heterocycles. The first-order valence-electron chi connectivity index (χ1n) is 4.81. The van der Waals surface area contributed by atoms with E-state index in [9.17, 15) is 5.11 Å². The van der Waals surface area contributed by atoms with Crippen LogP contribution in [0.3, 0.4) is 0 Å². The summed E-state index contributed by atoms with van der Waals surface area (Å²) in [7, 11) is 0. The lowest BCUT2D eigenvalue weighted by Crippen LogP contribution is -2.21. The summed E-state index contributed by atoms with van der Waals surface area (Å²) in [5, 5.41) is 9.93. The number of aliphatic hydroxyl groups is 1. The van der Waals surface area contributed by atoms with Gasteiger partial charge in [-0.25, -0.2) is 0 Å². The van der Waals surface area contributed by atoms with Crippen molar-refractivity contribution in [1.29, 1.82) is 0 Å².